The fraction of sp³-hybridized carbons (Fsp3) is 0.280. The number of hydrogen-bond donors (Lipinski definition) is 6. The van der Waals surface area contributed by atoms with E-state index in [1.807, 2.05) is 46.3 Å². The fourth-order valence-corrected chi connectivity index (χ4v) is 9.63. The Kier molecular flexibility index (Phi) is 15.8. The van der Waals surface area contributed by atoms with Crippen molar-refractivity contribution < 1.29 is 19.1 Å². The number of amides is 2. The first-order valence-electron chi connectivity index (χ1n) is 23.1. The molecule has 72 heavy (non-hydrogen) atoms. The molecule has 6 heterocycles. The number of nitrogens with one attached hydrogen (secondary N) is 2. The van der Waals surface area contributed by atoms with E-state index in [1.54, 1.807) is 60.9 Å². The third-order valence-corrected chi connectivity index (χ3v) is 13.6. The average molecular weight is 1050 g/mol. The quantitative estimate of drug-likeness (QED) is 0.0443. The van der Waals surface area contributed by atoms with Gasteiger partial charge in [0.15, 0.2) is 0 Å². The zero-order valence-electron chi connectivity index (χ0n) is 38.7. The second-order valence-corrected chi connectivity index (χ2v) is 18.9. The molecule has 2 saturated carbocycles. The van der Waals surface area contributed by atoms with Gasteiger partial charge in [0, 0.05) is 71.6 Å². The minimum absolute atomic E-state index is 0.0812. The molecule has 2 aromatic carbocycles. The van der Waals surface area contributed by atoms with Gasteiger partial charge in [-0.3, -0.25) is 19.0 Å². The predicted octanol–water partition coefficient (Wildman–Crippen LogP) is 8.20. The van der Waals surface area contributed by atoms with Gasteiger partial charge >= 0.3 is 0 Å². The molecular formula is C50H50Cl4N14O4. The van der Waals surface area contributed by atoms with E-state index < -0.39 is 0 Å². The normalized spacial score (nSPS) is 16.9. The maximum Gasteiger partial charge on any atom is 0.229 e. The second kappa shape index (κ2) is 22.5. The van der Waals surface area contributed by atoms with Gasteiger partial charge in [0.2, 0.25) is 11.8 Å². The Hall–Kier alpha value is -6.48. The Morgan fingerprint density at radius 2 is 1.00 bits per heavy atom. The van der Waals surface area contributed by atoms with Crippen molar-refractivity contribution in [2.75, 3.05) is 61.6 Å². The molecule has 372 valence electrons. The van der Waals surface area contributed by atoms with E-state index in [4.69, 9.17) is 78.8 Å². The molecule has 2 amide bonds. The summed E-state index contributed by atoms with van der Waals surface area (Å²) in [6, 6.07) is 17.7. The van der Waals surface area contributed by atoms with Crippen LogP contribution in [0.25, 0.3) is 44.1 Å². The topological polar surface area (TPSA) is 268 Å². The third-order valence-electron chi connectivity index (χ3n) is 12.3. The highest BCUT2D eigenvalue weighted by molar-refractivity contribution is 6.39. The first-order chi connectivity index (χ1) is 34.9. The minimum Gasteiger partial charge on any atom is -0.383 e. The molecule has 6 aromatic heterocycles. The van der Waals surface area contributed by atoms with Crippen molar-refractivity contribution in [3.8, 4) is 22.5 Å². The number of carbonyl (C=O) groups excluding carboxylic acids is 2. The number of halogens is 4. The molecule has 10 rings (SSSR count). The number of fused-ring (bicyclic) bond motifs is 2. The van der Waals surface area contributed by atoms with Crippen molar-refractivity contribution >= 4 is 103 Å². The molecule has 22 heteroatoms. The number of carbonyl (C=O) groups is 2. The van der Waals surface area contributed by atoms with E-state index in [-0.39, 0.29) is 35.5 Å². The number of nitrogens with two attached hydrogens (primary N) is 4. The number of aromatic nitrogens is 8. The largest absolute Gasteiger partial charge is 0.383 e. The summed E-state index contributed by atoms with van der Waals surface area (Å²) >= 11 is 25.4. The molecule has 2 aliphatic carbocycles. The molecule has 0 aliphatic heterocycles. The monoisotopic (exact) mass is 1050 g/mol. The summed E-state index contributed by atoms with van der Waals surface area (Å²) < 4.78 is 14.4. The van der Waals surface area contributed by atoms with Crippen LogP contribution < -0.4 is 33.6 Å². The number of anilines is 4. The van der Waals surface area contributed by atoms with Crippen molar-refractivity contribution in [3.05, 3.63) is 129 Å². The molecule has 4 atom stereocenters. The van der Waals surface area contributed by atoms with Gasteiger partial charge in [-0.15, -0.1) is 0 Å². The lowest BCUT2D eigenvalue weighted by Crippen LogP contribution is -2.15. The lowest BCUT2D eigenvalue weighted by molar-refractivity contribution is -0.118. The number of rotatable bonds is 18. The summed E-state index contributed by atoms with van der Waals surface area (Å²) in [5.74, 6) is 1.33. The van der Waals surface area contributed by atoms with Crippen LogP contribution in [-0.2, 0) is 32.2 Å². The van der Waals surface area contributed by atoms with Gasteiger partial charge in [0.05, 0.1) is 83.4 Å². The van der Waals surface area contributed by atoms with Crippen molar-refractivity contribution in [3.63, 3.8) is 0 Å². The first kappa shape index (κ1) is 50.5. The lowest BCUT2D eigenvalue weighted by atomic mass is 10.1. The van der Waals surface area contributed by atoms with Crippen LogP contribution in [-0.4, -0.2) is 90.8 Å². The molecule has 10 N–H and O–H groups in total. The van der Waals surface area contributed by atoms with Crippen LogP contribution in [0, 0.1) is 11.8 Å². The SMILES string of the molecule is NCCOCCn1cc([C@@H]2C[C@H]2C(=O)Nc2cc3cc(-c4c(Cl)cccc4Cl)nc(N)c3cn2)cn1.NCCOCCn1cc([C@H]2C[C@@H]2C(=O)Nc2cc3cc(-c4c(Cl)cccc4Cl)nc(N)c3cn2)cn1. The van der Waals surface area contributed by atoms with Crippen LogP contribution in [0.1, 0.15) is 35.8 Å². The standard InChI is InChI=1S/2C25H25Cl2N7O2/c2*26-19-2-1-3-20(27)23(19)21-8-14-9-22(30-12-18(14)24(29)32-21)33-25(35)17-10-16(17)15-11-31-34(13-15)5-7-36-6-4-28/h2*1-3,8-9,11-13,16-17H,4-7,10,28H2,(H2,29,32)(H,30,33,35)/t2*16-,17+/m10/s1. The summed E-state index contributed by atoms with van der Waals surface area (Å²) in [5.41, 5.74) is 27.6. The first-order valence-corrected chi connectivity index (χ1v) is 24.6. The molecule has 0 bridgehead atoms. The van der Waals surface area contributed by atoms with E-state index in [0.29, 0.717) is 129 Å². The van der Waals surface area contributed by atoms with Crippen LogP contribution in [0.5, 0.6) is 0 Å². The van der Waals surface area contributed by atoms with Gasteiger partial charge in [0.25, 0.3) is 0 Å². The predicted molar refractivity (Wildman–Crippen MR) is 282 cm³/mol. The molecule has 2 aliphatic rings. The van der Waals surface area contributed by atoms with Crippen molar-refractivity contribution in [1.82, 2.24) is 39.5 Å². The van der Waals surface area contributed by atoms with Crippen molar-refractivity contribution in [2.24, 2.45) is 23.3 Å². The van der Waals surface area contributed by atoms with E-state index in [1.165, 1.54) is 0 Å². The molecular weight excluding hydrogens is 1000 g/mol. The number of nitrogens with zero attached hydrogens (tertiary/aromatic N) is 8. The lowest BCUT2D eigenvalue weighted by Gasteiger charge is -2.11. The molecule has 0 unspecified atom stereocenters. The van der Waals surface area contributed by atoms with Gasteiger partial charge in [-0.25, -0.2) is 19.9 Å². The van der Waals surface area contributed by atoms with Gasteiger partial charge in [0.1, 0.15) is 23.3 Å². The summed E-state index contributed by atoms with van der Waals surface area (Å²) in [4.78, 5) is 43.5. The molecule has 18 nitrogen and oxygen atoms in total. The number of hydrogen-bond acceptors (Lipinski definition) is 14. The Bertz CT molecular complexity index is 3020. The summed E-state index contributed by atoms with van der Waals surface area (Å²) in [6.45, 7) is 4.43. The van der Waals surface area contributed by atoms with Gasteiger partial charge in [-0.05, 0) is 95.1 Å². The van der Waals surface area contributed by atoms with Crippen LogP contribution >= 0.6 is 46.4 Å². The Balaban J connectivity index is 0.000000178. The van der Waals surface area contributed by atoms with E-state index in [0.717, 1.165) is 34.7 Å². The highest BCUT2D eigenvalue weighted by atomic mass is 35.5. The zero-order valence-corrected chi connectivity index (χ0v) is 41.7. The van der Waals surface area contributed by atoms with Crippen LogP contribution in [0.15, 0.2) is 97.8 Å². The molecule has 8 aromatic rings. The summed E-state index contributed by atoms with van der Waals surface area (Å²) in [7, 11) is 0. The van der Waals surface area contributed by atoms with Crippen molar-refractivity contribution in [2.45, 2.75) is 37.8 Å². The molecule has 2 fully saturated rings. The smallest absolute Gasteiger partial charge is 0.229 e. The maximum absolute atomic E-state index is 12.9. The Labute approximate surface area is 433 Å². The summed E-state index contributed by atoms with van der Waals surface area (Å²) in [5, 5.41) is 19.4. The fourth-order valence-electron chi connectivity index (χ4n) is 8.44. The van der Waals surface area contributed by atoms with E-state index in [9.17, 15) is 9.59 Å². The Morgan fingerprint density at radius 1 is 0.597 bits per heavy atom. The van der Waals surface area contributed by atoms with Gasteiger partial charge in [-0.1, -0.05) is 58.5 Å². The number of ether oxygens (including phenoxy) is 2. The second-order valence-electron chi connectivity index (χ2n) is 17.3. The van der Waals surface area contributed by atoms with Crippen molar-refractivity contribution in [1.29, 1.82) is 0 Å². The van der Waals surface area contributed by atoms with Gasteiger partial charge < -0.3 is 43.0 Å². The zero-order chi connectivity index (χ0) is 50.5. The maximum atomic E-state index is 12.9. The molecule has 0 saturated heterocycles. The minimum atomic E-state index is -0.131. The van der Waals surface area contributed by atoms with Crippen LogP contribution in [0.3, 0.4) is 0 Å². The number of pyridine rings is 4. The number of benzene rings is 2. The van der Waals surface area contributed by atoms with E-state index >= 15 is 0 Å². The van der Waals surface area contributed by atoms with Gasteiger partial charge in [-0.2, -0.15) is 10.2 Å². The molecule has 0 radical (unpaired) electrons. The molecule has 0 spiro atoms. The Morgan fingerprint density at radius 3 is 1.39 bits per heavy atom. The number of nitrogen functional groups attached to an aromatic ring is 2. The van der Waals surface area contributed by atoms with E-state index in [2.05, 4.69) is 40.8 Å². The van der Waals surface area contributed by atoms with Crippen LogP contribution in [0.4, 0.5) is 23.3 Å². The summed E-state index contributed by atoms with van der Waals surface area (Å²) in [6.07, 6.45) is 12.3. The highest BCUT2D eigenvalue weighted by Crippen LogP contribution is 2.49. The average Bonchev–Trinajstić information content (AvgIpc) is 4.24. The van der Waals surface area contributed by atoms with Crippen LogP contribution in [0.2, 0.25) is 20.1 Å². The highest BCUT2D eigenvalue weighted by Gasteiger charge is 2.45. The third kappa shape index (κ3) is 11.7.